The molecule has 0 amide bonds. The summed E-state index contributed by atoms with van der Waals surface area (Å²) in [4.78, 5) is 4.59. The van der Waals surface area contributed by atoms with Crippen LogP contribution in [0.2, 0.25) is 0 Å². The van der Waals surface area contributed by atoms with Crippen LogP contribution in [0.1, 0.15) is 33.1 Å². The predicted molar refractivity (Wildman–Crippen MR) is 99.0 cm³/mol. The number of morpholine rings is 2. The second-order valence-electron chi connectivity index (χ2n) is 8.99. The first-order valence-corrected chi connectivity index (χ1v) is 11.5. The average Bonchev–Trinajstić information content (AvgIpc) is 2.98. The van der Waals surface area contributed by atoms with E-state index in [4.69, 9.17) is 14.6 Å². The first-order valence-electron chi connectivity index (χ1n) is 9.94. The standard InChI is InChI=1S/C18H33N3O4S/c1-17(2)14-3-4-18(17,15(13-14)20-5-9-24-10-6-20)16(26(19,22)23)21-7-11-25-12-8-21/h14-16H,3-13H2,1-2H3,(H2,19,22,23)/t14-,15?,16+,18?/m1/s1. The number of ether oxygens (including phenoxy) is 2. The lowest BCUT2D eigenvalue weighted by Crippen LogP contribution is -2.66. The third kappa shape index (κ3) is 2.76. The lowest BCUT2D eigenvalue weighted by molar-refractivity contribution is -0.0724. The maximum absolute atomic E-state index is 13.0. The van der Waals surface area contributed by atoms with Gasteiger partial charge in [0.25, 0.3) is 0 Å². The molecule has 2 heterocycles. The number of nitrogens with two attached hydrogens (primary N) is 1. The van der Waals surface area contributed by atoms with Crippen LogP contribution in [0.3, 0.4) is 0 Å². The number of fused-ring (bicyclic) bond motifs is 2. The van der Waals surface area contributed by atoms with Crippen molar-refractivity contribution in [2.45, 2.75) is 44.5 Å². The summed E-state index contributed by atoms with van der Waals surface area (Å²) in [7, 11) is -3.72. The Kier molecular flexibility index (Phi) is 4.90. The highest BCUT2D eigenvalue weighted by atomic mass is 32.2. The van der Waals surface area contributed by atoms with Crippen molar-refractivity contribution < 1.29 is 17.9 Å². The van der Waals surface area contributed by atoms with Crippen LogP contribution in [0, 0.1) is 16.7 Å². The quantitative estimate of drug-likeness (QED) is 0.754. The van der Waals surface area contributed by atoms with Gasteiger partial charge in [-0.15, -0.1) is 0 Å². The lowest BCUT2D eigenvalue weighted by Gasteiger charge is -2.54. The second kappa shape index (κ2) is 6.67. The molecule has 0 aromatic rings. The van der Waals surface area contributed by atoms with Gasteiger partial charge in [-0.25, -0.2) is 13.6 Å². The van der Waals surface area contributed by atoms with Gasteiger partial charge in [-0.1, -0.05) is 13.8 Å². The van der Waals surface area contributed by atoms with E-state index in [0.717, 1.165) is 45.6 Å². The maximum Gasteiger partial charge on any atom is 0.225 e. The molecule has 2 unspecified atom stereocenters. The molecule has 2 aliphatic heterocycles. The Balaban J connectivity index is 1.78. The summed E-state index contributed by atoms with van der Waals surface area (Å²) in [5, 5.41) is 5.30. The number of sulfonamides is 1. The van der Waals surface area contributed by atoms with Crippen LogP contribution >= 0.6 is 0 Å². The van der Waals surface area contributed by atoms with Crippen molar-refractivity contribution in [2.24, 2.45) is 21.9 Å². The molecule has 0 spiro atoms. The summed E-state index contributed by atoms with van der Waals surface area (Å²) in [5.74, 6) is 0.556. The number of hydrogen-bond donors (Lipinski definition) is 1. The van der Waals surface area contributed by atoms with Gasteiger partial charge in [-0.3, -0.25) is 9.80 Å². The zero-order valence-corrected chi connectivity index (χ0v) is 16.8. The van der Waals surface area contributed by atoms with Crippen molar-refractivity contribution in [3.63, 3.8) is 0 Å². The van der Waals surface area contributed by atoms with Crippen LogP contribution in [0.4, 0.5) is 0 Å². The number of nitrogens with zero attached hydrogens (tertiary/aromatic N) is 2. The molecule has 2 saturated heterocycles. The summed E-state index contributed by atoms with van der Waals surface area (Å²) < 4.78 is 37.0. The summed E-state index contributed by atoms with van der Waals surface area (Å²) in [6, 6.07) is 0.256. The molecule has 4 fully saturated rings. The van der Waals surface area contributed by atoms with Gasteiger partial charge >= 0.3 is 0 Å². The molecule has 2 N–H and O–H groups in total. The molecule has 26 heavy (non-hydrogen) atoms. The Morgan fingerprint density at radius 3 is 2.15 bits per heavy atom. The van der Waals surface area contributed by atoms with Crippen molar-refractivity contribution >= 4 is 10.0 Å². The molecule has 2 aliphatic carbocycles. The third-order valence-electron chi connectivity index (χ3n) is 7.84. The van der Waals surface area contributed by atoms with E-state index in [1.54, 1.807) is 0 Å². The number of rotatable bonds is 4. The van der Waals surface area contributed by atoms with Gasteiger partial charge in [0.2, 0.25) is 10.0 Å². The SMILES string of the molecule is CC1(C)[C@@H]2CCC1([C@@H](N1CCOCC1)S(N)(=O)=O)C(N1CCOCC1)C2. The molecule has 150 valence electrons. The van der Waals surface area contributed by atoms with Crippen molar-refractivity contribution in [1.29, 1.82) is 0 Å². The van der Waals surface area contributed by atoms with E-state index in [9.17, 15) is 8.42 Å². The van der Waals surface area contributed by atoms with E-state index < -0.39 is 15.4 Å². The Hall–Kier alpha value is -0.250. The van der Waals surface area contributed by atoms with Gasteiger partial charge in [0.1, 0.15) is 5.37 Å². The first-order chi connectivity index (χ1) is 12.3. The van der Waals surface area contributed by atoms with E-state index >= 15 is 0 Å². The van der Waals surface area contributed by atoms with Gasteiger partial charge in [-0.05, 0) is 30.6 Å². The van der Waals surface area contributed by atoms with Crippen LogP contribution in [0.15, 0.2) is 0 Å². The minimum atomic E-state index is -3.72. The maximum atomic E-state index is 13.0. The van der Waals surface area contributed by atoms with E-state index in [1.165, 1.54) is 0 Å². The normalized spacial score (nSPS) is 40.0. The summed E-state index contributed by atoms with van der Waals surface area (Å²) in [5.41, 5.74) is -0.384. The molecule has 2 saturated carbocycles. The molecule has 4 rings (SSSR count). The molecule has 2 bridgehead atoms. The number of hydrogen-bond acceptors (Lipinski definition) is 6. The zero-order valence-electron chi connectivity index (χ0n) is 16.0. The Bertz CT molecular complexity index is 628. The van der Waals surface area contributed by atoms with Crippen molar-refractivity contribution in [3.05, 3.63) is 0 Å². The topological polar surface area (TPSA) is 85.1 Å². The Morgan fingerprint density at radius 2 is 1.62 bits per heavy atom. The zero-order chi connectivity index (χ0) is 18.6. The van der Waals surface area contributed by atoms with Gasteiger partial charge in [0, 0.05) is 37.6 Å². The van der Waals surface area contributed by atoms with Gasteiger partial charge in [0.15, 0.2) is 0 Å². The second-order valence-corrected chi connectivity index (χ2v) is 10.6. The molecular weight excluding hydrogens is 354 g/mol. The van der Waals surface area contributed by atoms with Crippen LogP contribution in [-0.4, -0.2) is 82.2 Å². The highest BCUT2D eigenvalue weighted by Gasteiger charge is 2.71. The monoisotopic (exact) mass is 387 g/mol. The van der Waals surface area contributed by atoms with Crippen molar-refractivity contribution in [3.8, 4) is 0 Å². The lowest BCUT2D eigenvalue weighted by atomic mass is 9.66. The largest absolute Gasteiger partial charge is 0.379 e. The van der Waals surface area contributed by atoms with Crippen molar-refractivity contribution in [2.75, 3.05) is 52.6 Å². The summed E-state index contributed by atoms with van der Waals surface area (Å²) in [6.45, 7) is 10.2. The summed E-state index contributed by atoms with van der Waals surface area (Å²) >= 11 is 0. The molecule has 4 aliphatic rings. The average molecular weight is 388 g/mol. The van der Waals surface area contributed by atoms with Gasteiger partial charge < -0.3 is 9.47 Å². The van der Waals surface area contributed by atoms with Crippen LogP contribution < -0.4 is 5.14 Å². The molecule has 7 nitrogen and oxygen atoms in total. The first kappa shape index (κ1) is 19.1. The molecule has 0 aromatic carbocycles. The minimum Gasteiger partial charge on any atom is -0.379 e. The minimum absolute atomic E-state index is 0.0502. The van der Waals surface area contributed by atoms with E-state index in [2.05, 4.69) is 23.6 Å². The molecule has 8 heteroatoms. The molecule has 4 atom stereocenters. The molecule has 0 radical (unpaired) electrons. The van der Waals surface area contributed by atoms with E-state index in [0.29, 0.717) is 32.2 Å². The van der Waals surface area contributed by atoms with Crippen LogP contribution in [0.25, 0.3) is 0 Å². The van der Waals surface area contributed by atoms with Gasteiger partial charge in [0.05, 0.1) is 26.4 Å². The number of primary sulfonamides is 1. The van der Waals surface area contributed by atoms with Crippen LogP contribution in [-0.2, 0) is 19.5 Å². The predicted octanol–water partition coefficient (Wildman–Crippen LogP) is 0.460. The highest BCUT2D eigenvalue weighted by Crippen LogP contribution is 2.69. The highest BCUT2D eigenvalue weighted by molar-refractivity contribution is 7.89. The Morgan fingerprint density at radius 1 is 1.04 bits per heavy atom. The van der Waals surface area contributed by atoms with Crippen LogP contribution in [0.5, 0.6) is 0 Å². The van der Waals surface area contributed by atoms with E-state index in [1.807, 2.05) is 0 Å². The Labute approximate surface area is 157 Å². The third-order valence-corrected chi connectivity index (χ3v) is 9.19. The molecular formula is C18H33N3O4S. The molecule has 0 aromatic heterocycles. The smallest absolute Gasteiger partial charge is 0.225 e. The fraction of sp³-hybridized carbons (Fsp3) is 1.00. The van der Waals surface area contributed by atoms with Gasteiger partial charge in [-0.2, -0.15) is 0 Å². The van der Waals surface area contributed by atoms with Crippen molar-refractivity contribution in [1.82, 2.24) is 9.80 Å². The summed E-state index contributed by atoms with van der Waals surface area (Å²) in [6.07, 6.45) is 3.11. The fourth-order valence-electron chi connectivity index (χ4n) is 6.57. The fourth-order valence-corrected chi connectivity index (χ4v) is 8.36. The van der Waals surface area contributed by atoms with E-state index in [-0.39, 0.29) is 16.9 Å².